The van der Waals surface area contributed by atoms with E-state index < -0.39 is 0 Å². The second-order valence-electron chi connectivity index (χ2n) is 5.35. The SMILES string of the molecule is Cc1ccccc1CN/C=C(\C=N)Cc1cc(N)nc(N)c1N. The zero-order valence-corrected chi connectivity index (χ0v) is 13.1. The summed E-state index contributed by atoms with van der Waals surface area (Å²) >= 11 is 0. The predicted octanol–water partition coefficient (Wildman–Crippen LogP) is 2.00. The van der Waals surface area contributed by atoms with Crippen LogP contribution in [0.1, 0.15) is 16.7 Å². The van der Waals surface area contributed by atoms with E-state index in [1.54, 1.807) is 6.07 Å². The van der Waals surface area contributed by atoms with Crippen molar-refractivity contribution in [2.24, 2.45) is 0 Å². The van der Waals surface area contributed by atoms with E-state index >= 15 is 0 Å². The molecule has 1 aromatic carbocycles. The third-order valence-corrected chi connectivity index (χ3v) is 3.61. The number of anilines is 3. The number of aromatic nitrogens is 1. The Labute approximate surface area is 135 Å². The topological polar surface area (TPSA) is 127 Å². The summed E-state index contributed by atoms with van der Waals surface area (Å²) in [5.74, 6) is 0.543. The van der Waals surface area contributed by atoms with Crippen LogP contribution in [-0.4, -0.2) is 11.2 Å². The second-order valence-corrected chi connectivity index (χ2v) is 5.35. The van der Waals surface area contributed by atoms with Crippen LogP contribution in [0.25, 0.3) is 0 Å². The molecule has 2 aromatic rings. The first-order chi connectivity index (χ1) is 11.0. The predicted molar refractivity (Wildman–Crippen MR) is 96.1 cm³/mol. The standard InChI is InChI=1S/C17H22N6/c1-11-4-2-3-5-13(11)10-22-9-12(8-18)6-14-7-15(19)23-17(21)16(14)20/h2-5,7-9,18,22H,6,10,20H2,1H3,(H4,19,21,23)/b12-9-,18-8?. The van der Waals surface area contributed by atoms with Crippen LogP contribution in [-0.2, 0) is 13.0 Å². The molecule has 1 aromatic heterocycles. The minimum Gasteiger partial charge on any atom is -0.396 e. The van der Waals surface area contributed by atoms with E-state index in [4.69, 9.17) is 22.6 Å². The molecule has 120 valence electrons. The smallest absolute Gasteiger partial charge is 0.149 e. The highest BCUT2D eigenvalue weighted by Gasteiger charge is 2.07. The average Bonchev–Trinajstić information content (AvgIpc) is 2.52. The summed E-state index contributed by atoms with van der Waals surface area (Å²) in [5.41, 5.74) is 21.7. The van der Waals surface area contributed by atoms with Gasteiger partial charge in [-0.25, -0.2) is 4.98 Å². The Morgan fingerprint density at radius 2 is 1.96 bits per heavy atom. The Kier molecular flexibility index (Phi) is 5.19. The lowest BCUT2D eigenvalue weighted by atomic mass is 10.1. The lowest BCUT2D eigenvalue weighted by Crippen LogP contribution is -2.10. The second kappa shape index (κ2) is 7.31. The fourth-order valence-electron chi connectivity index (χ4n) is 2.26. The van der Waals surface area contributed by atoms with Crippen molar-refractivity contribution in [3.8, 4) is 0 Å². The van der Waals surface area contributed by atoms with E-state index in [9.17, 15) is 0 Å². The van der Waals surface area contributed by atoms with Gasteiger partial charge in [0, 0.05) is 25.4 Å². The van der Waals surface area contributed by atoms with Crippen LogP contribution in [0, 0.1) is 12.3 Å². The lowest BCUT2D eigenvalue weighted by Gasteiger charge is -2.10. The number of nitrogens with zero attached hydrogens (tertiary/aromatic N) is 1. The van der Waals surface area contributed by atoms with Gasteiger partial charge < -0.3 is 27.9 Å². The van der Waals surface area contributed by atoms with Gasteiger partial charge in [0.2, 0.25) is 0 Å². The van der Waals surface area contributed by atoms with Gasteiger partial charge in [-0.3, -0.25) is 0 Å². The number of nitrogens with one attached hydrogen (secondary N) is 2. The molecule has 1 heterocycles. The molecule has 6 heteroatoms. The first-order valence-electron chi connectivity index (χ1n) is 7.29. The fourth-order valence-corrected chi connectivity index (χ4v) is 2.26. The summed E-state index contributed by atoms with van der Waals surface area (Å²) < 4.78 is 0. The fraction of sp³-hybridized carbons (Fsp3) is 0.176. The Balaban J connectivity index is 2.08. The quantitative estimate of drug-likeness (QED) is 0.521. The van der Waals surface area contributed by atoms with Gasteiger partial charge in [-0.2, -0.15) is 0 Å². The number of hydrogen-bond donors (Lipinski definition) is 5. The van der Waals surface area contributed by atoms with Crippen molar-refractivity contribution in [1.82, 2.24) is 10.3 Å². The van der Waals surface area contributed by atoms with Gasteiger partial charge in [0.15, 0.2) is 0 Å². The highest BCUT2D eigenvalue weighted by Crippen LogP contribution is 2.22. The van der Waals surface area contributed by atoms with Crippen LogP contribution in [0.5, 0.6) is 0 Å². The van der Waals surface area contributed by atoms with Crippen molar-refractivity contribution >= 4 is 23.5 Å². The van der Waals surface area contributed by atoms with Crippen LogP contribution in [0.4, 0.5) is 17.3 Å². The monoisotopic (exact) mass is 310 g/mol. The van der Waals surface area contributed by atoms with Crippen LogP contribution in [0.3, 0.4) is 0 Å². The van der Waals surface area contributed by atoms with E-state index in [2.05, 4.69) is 29.4 Å². The maximum atomic E-state index is 7.56. The molecule has 6 nitrogen and oxygen atoms in total. The number of aryl methyl sites for hydroxylation is 1. The normalized spacial score (nSPS) is 11.3. The molecule has 0 atom stereocenters. The molecular formula is C17H22N6. The van der Waals surface area contributed by atoms with Gasteiger partial charge in [-0.05, 0) is 35.3 Å². The van der Waals surface area contributed by atoms with E-state index in [-0.39, 0.29) is 5.82 Å². The molecule has 2 rings (SSSR count). The van der Waals surface area contributed by atoms with Crippen molar-refractivity contribution < 1.29 is 0 Å². The van der Waals surface area contributed by atoms with Gasteiger partial charge in [-0.15, -0.1) is 0 Å². The first kappa shape index (κ1) is 16.4. The van der Waals surface area contributed by atoms with Crippen molar-refractivity contribution in [2.45, 2.75) is 19.9 Å². The van der Waals surface area contributed by atoms with Crippen LogP contribution in [0.15, 0.2) is 42.1 Å². The number of rotatable bonds is 6. The van der Waals surface area contributed by atoms with E-state index in [1.165, 1.54) is 17.3 Å². The Hall–Kier alpha value is -3.02. The van der Waals surface area contributed by atoms with E-state index in [1.807, 2.05) is 18.3 Å². The molecule has 0 saturated heterocycles. The highest BCUT2D eigenvalue weighted by atomic mass is 14.9. The molecule has 0 aliphatic carbocycles. The summed E-state index contributed by atoms with van der Waals surface area (Å²) in [7, 11) is 0. The van der Waals surface area contributed by atoms with Crippen LogP contribution < -0.4 is 22.5 Å². The molecule has 0 aliphatic rings. The summed E-state index contributed by atoms with van der Waals surface area (Å²) in [5, 5.41) is 10.8. The molecule has 0 radical (unpaired) electrons. The number of allylic oxidation sites excluding steroid dienone is 1. The number of nitrogens with two attached hydrogens (primary N) is 3. The zero-order valence-electron chi connectivity index (χ0n) is 13.1. The first-order valence-corrected chi connectivity index (χ1v) is 7.29. The number of hydrogen-bond acceptors (Lipinski definition) is 6. The van der Waals surface area contributed by atoms with E-state index in [0.717, 1.165) is 11.1 Å². The van der Waals surface area contributed by atoms with Crippen molar-refractivity contribution in [2.75, 3.05) is 17.2 Å². The van der Waals surface area contributed by atoms with Crippen molar-refractivity contribution in [3.63, 3.8) is 0 Å². The molecule has 0 saturated carbocycles. The molecule has 0 unspecified atom stereocenters. The minimum atomic E-state index is 0.220. The third kappa shape index (κ3) is 4.23. The molecule has 0 aliphatic heterocycles. The zero-order chi connectivity index (χ0) is 16.8. The highest BCUT2D eigenvalue weighted by molar-refractivity contribution is 5.78. The van der Waals surface area contributed by atoms with Crippen LogP contribution >= 0.6 is 0 Å². The molecule has 0 fully saturated rings. The molecule has 0 bridgehead atoms. The van der Waals surface area contributed by atoms with E-state index in [0.29, 0.717) is 24.5 Å². The Bertz CT molecular complexity index is 736. The number of pyridine rings is 1. The number of nitrogen functional groups attached to an aromatic ring is 3. The van der Waals surface area contributed by atoms with Crippen LogP contribution in [0.2, 0.25) is 0 Å². The minimum absolute atomic E-state index is 0.220. The molecule has 23 heavy (non-hydrogen) atoms. The molecular weight excluding hydrogens is 288 g/mol. The van der Waals surface area contributed by atoms with Gasteiger partial charge >= 0.3 is 0 Å². The Morgan fingerprint density at radius 3 is 2.65 bits per heavy atom. The Morgan fingerprint density at radius 1 is 1.22 bits per heavy atom. The number of benzene rings is 1. The molecule has 0 spiro atoms. The van der Waals surface area contributed by atoms with Gasteiger partial charge in [0.25, 0.3) is 0 Å². The lowest BCUT2D eigenvalue weighted by molar-refractivity contribution is 0.854. The summed E-state index contributed by atoms with van der Waals surface area (Å²) in [6.07, 6.45) is 3.57. The van der Waals surface area contributed by atoms with Gasteiger partial charge in [0.1, 0.15) is 11.6 Å². The largest absolute Gasteiger partial charge is 0.396 e. The maximum absolute atomic E-state index is 7.56. The van der Waals surface area contributed by atoms with Crippen molar-refractivity contribution in [3.05, 3.63) is 58.8 Å². The average molecular weight is 310 g/mol. The van der Waals surface area contributed by atoms with Gasteiger partial charge in [-0.1, -0.05) is 24.3 Å². The van der Waals surface area contributed by atoms with Gasteiger partial charge in [0.05, 0.1) is 5.69 Å². The summed E-state index contributed by atoms with van der Waals surface area (Å²) in [4.78, 5) is 3.92. The molecule has 8 N–H and O–H groups in total. The maximum Gasteiger partial charge on any atom is 0.149 e. The van der Waals surface area contributed by atoms with Crippen molar-refractivity contribution in [1.29, 1.82) is 5.41 Å². The summed E-state index contributed by atoms with van der Waals surface area (Å²) in [6, 6.07) is 9.85. The molecule has 0 amide bonds. The summed E-state index contributed by atoms with van der Waals surface area (Å²) in [6.45, 7) is 2.77. The third-order valence-electron chi connectivity index (χ3n) is 3.61.